The fourth-order valence-electron chi connectivity index (χ4n) is 3.39. The van der Waals surface area contributed by atoms with E-state index in [4.69, 9.17) is 40.5 Å². The molecule has 0 saturated carbocycles. The Hall–Kier alpha value is -1.75. The summed E-state index contributed by atoms with van der Waals surface area (Å²) in [6, 6.07) is 6.01. The van der Waals surface area contributed by atoms with Crippen molar-refractivity contribution in [2.45, 2.75) is 17.7 Å². The number of aromatic hydroxyl groups is 1. The first-order chi connectivity index (χ1) is 14.6. The highest BCUT2D eigenvalue weighted by atomic mass is 35.5. The lowest BCUT2D eigenvalue weighted by atomic mass is 9.99. The lowest BCUT2D eigenvalue weighted by Crippen LogP contribution is -2.36. The quantitative estimate of drug-likeness (QED) is 0.473. The molecule has 168 valence electrons. The van der Waals surface area contributed by atoms with Crippen molar-refractivity contribution in [1.29, 1.82) is 0 Å². The van der Waals surface area contributed by atoms with E-state index in [1.165, 1.54) is 30.3 Å². The first-order valence-electron chi connectivity index (χ1n) is 9.39. The van der Waals surface area contributed by atoms with Gasteiger partial charge in [-0.25, -0.2) is 17.9 Å². The van der Waals surface area contributed by atoms with E-state index in [1.807, 2.05) is 0 Å². The predicted octanol–water partition coefficient (Wildman–Crippen LogP) is 3.85. The van der Waals surface area contributed by atoms with E-state index in [9.17, 15) is 18.3 Å². The third kappa shape index (κ3) is 5.19. The molecule has 0 aliphatic carbocycles. The normalized spacial score (nSPS) is 15.1. The number of anilines is 2. The van der Waals surface area contributed by atoms with E-state index in [0.29, 0.717) is 0 Å². The Bertz CT molecular complexity index is 1090. The van der Waals surface area contributed by atoms with Crippen LogP contribution in [0.25, 0.3) is 0 Å². The summed E-state index contributed by atoms with van der Waals surface area (Å²) in [5.41, 5.74) is 5.38. The topological polar surface area (TPSA) is 125 Å². The first-order valence-corrected chi connectivity index (χ1v) is 12.0. The molecule has 1 aliphatic heterocycles. The van der Waals surface area contributed by atoms with Gasteiger partial charge in [-0.3, -0.25) is 4.90 Å². The molecular formula is C19H21Cl3N4O4S. The highest BCUT2D eigenvalue weighted by Gasteiger charge is 2.30. The van der Waals surface area contributed by atoms with Crippen LogP contribution < -0.4 is 20.7 Å². The molecular weight excluding hydrogens is 487 g/mol. The second-order valence-electron chi connectivity index (χ2n) is 7.04. The van der Waals surface area contributed by atoms with Crippen LogP contribution in [-0.4, -0.2) is 39.2 Å². The van der Waals surface area contributed by atoms with Gasteiger partial charge in [0, 0.05) is 6.54 Å². The van der Waals surface area contributed by atoms with Crippen molar-refractivity contribution in [3.8, 4) is 5.75 Å². The minimum Gasteiger partial charge on any atom is -0.504 e. The van der Waals surface area contributed by atoms with Gasteiger partial charge in [-0.2, -0.15) is 0 Å². The van der Waals surface area contributed by atoms with Crippen LogP contribution in [-0.2, 0) is 10.0 Å². The van der Waals surface area contributed by atoms with Crippen LogP contribution in [0.3, 0.4) is 0 Å². The number of phenols is 1. The second-order valence-corrected chi connectivity index (χ2v) is 9.93. The number of nitrogens with two attached hydrogens (primary N) is 1. The number of carbonyl (C=O) groups is 1. The van der Waals surface area contributed by atoms with Crippen LogP contribution in [0.5, 0.6) is 5.75 Å². The lowest BCUT2D eigenvalue weighted by molar-refractivity contribution is 0.256. The van der Waals surface area contributed by atoms with Crippen LogP contribution in [0, 0.1) is 5.92 Å². The van der Waals surface area contributed by atoms with Gasteiger partial charge in [0.2, 0.25) is 10.0 Å². The smallest absolute Gasteiger partial charge is 0.324 e. The largest absolute Gasteiger partial charge is 0.504 e. The molecule has 1 heterocycles. The molecule has 1 fully saturated rings. The summed E-state index contributed by atoms with van der Waals surface area (Å²) in [7, 11) is -4.19. The Labute approximate surface area is 195 Å². The molecule has 2 amide bonds. The van der Waals surface area contributed by atoms with Crippen LogP contribution in [0.4, 0.5) is 16.2 Å². The van der Waals surface area contributed by atoms with E-state index < -0.39 is 26.7 Å². The van der Waals surface area contributed by atoms with Gasteiger partial charge in [0.15, 0.2) is 5.75 Å². The highest BCUT2D eigenvalue weighted by molar-refractivity contribution is 7.89. The summed E-state index contributed by atoms with van der Waals surface area (Å²) in [4.78, 5) is 12.5. The molecule has 0 radical (unpaired) electrons. The van der Waals surface area contributed by atoms with E-state index in [1.54, 1.807) is 0 Å². The summed E-state index contributed by atoms with van der Waals surface area (Å²) < 4.78 is 28.4. The second kappa shape index (κ2) is 9.81. The molecule has 0 bridgehead atoms. The number of primary amides is 1. The molecule has 0 unspecified atom stereocenters. The zero-order valence-corrected chi connectivity index (χ0v) is 19.3. The summed E-state index contributed by atoms with van der Waals surface area (Å²) in [6.07, 6.45) is 1.65. The average Bonchev–Trinajstić information content (AvgIpc) is 2.72. The van der Waals surface area contributed by atoms with Gasteiger partial charge in [0.25, 0.3) is 0 Å². The van der Waals surface area contributed by atoms with Gasteiger partial charge < -0.3 is 16.2 Å². The molecule has 0 spiro atoms. The van der Waals surface area contributed by atoms with Crippen molar-refractivity contribution in [2.24, 2.45) is 11.7 Å². The fraction of sp³-hybridized carbons (Fsp3) is 0.316. The van der Waals surface area contributed by atoms with Gasteiger partial charge in [-0.1, -0.05) is 40.9 Å². The molecule has 3 rings (SSSR count). The highest BCUT2D eigenvalue weighted by Crippen LogP contribution is 2.44. The molecule has 1 saturated heterocycles. The van der Waals surface area contributed by atoms with Crippen LogP contribution in [0.2, 0.25) is 15.1 Å². The number of urea groups is 1. The number of piperidine rings is 1. The van der Waals surface area contributed by atoms with E-state index in [-0.39, 0.29) is 38.9 Å². The summed E-state index contributed by atoms with van der Waals surface area (Å²) in [6.45, 7) is 1.81. The first kappa shape index (κ1) is 23.9. The van der Waals surface area contributed by atoms with Gasteiger partial charge in [0.05, 0.1) is 26.4 Å². The maximum absolute atomic E-state index is 13.0. The van der Waals surface area contributed by atoms with Gasteiger partial charge >= 0.3 is 6.03 Å². The van der Waals surface area contributed by atoms with Gasteiger partial charge in [-0.15, -0.1) is 0 Å². The molecule has 31 heavy (non-hydrogen) atoms. The van der Waals surface area contributed by atoms with E-state index >= 15 is 0 Å². The molecule has 1 aliphatic rings. The Morgan fingerprint density at radius 2 is 1.81 bits per heavy atom. The summed E-state index contributed by atoms with van der Waals surface area (Å²) in [5.74, 6) is -0.576. The third-order valence-electron chi connectivity index (χ3n) is 4.99. The average molecular weight is 508 g/mol. The van der Waals surface area contributed by atoms with Crippen molar-refractivity contribution in [3.63, 3.8) is 0 Å². The third-order valence-corrected chi connectivity index (χ3v) is 7.72. The molecule has 12 heteroatoms. The van der Waals surface area contributed by atoms with Crippen molar-refractivity contribution in [3.05, 3.63) is 45.4 Å². The maximum Gasteiger partial charge on any atom is 0.324 e. The van der Waals surface area contributed by atoms with Crippen molar-refractivity contribution in [1.82, 2.24) is 10.0 Å². The number of sulfonamides is 1. The van der Waals surface area contributed by atoms with Gasteiger partial charge in [-0.05, 0) is 56.1 Å². The Morgan fingerprint density at radius 1 is 1.13 bits per heavy atom. The number of hydrogen-bond acceptors (Lipinski definition) is 5. The Kier molecular flexibility index (Phi) is 7.56. The van der Waals surface area contributed by atoms with Crippen LogP contribution >= 0.6 is 34.8 Å². The Morgan fingerprint density at radius 3 is 2.45 bits per heavy atom. The zero-order valence-electron chi connectivity index (χ0n) is 16.2. The zero-order chi connectivity index (χ0) is 22.8. The van der Waals surface area contributed by atoms with Crippen LogP contribution in [0.1, 0.15) is 12.8 Å². The van der Waals surface area contributed by atoms with Crippen molar-refractivity contribution < 1.29 is 18.3 Å². The number of benzene rings is 2. The molecule has 0 atom stereocenters. The molecule has 0 aromatic heterocycles. The number of carbonyl (C=O) groups excluding carboxylic acids is 1. The number of hydrogen-bond donors (Lipinski definition) is 4. The number of rotatable bonds is 6. The summed E-state index contributed by atoms with van der Waals surface area (Å²) >= 11 is 18.4. The number of nitrogens with zero attached hydrogens (tertiary/aromatic N) is 1. The number of amides is 2. The SMILES string of the molecule is NC(=O)N(c1ccc(Cl)c(S(=O)(=O)NCC2CCNCC2)c1O)c1cccc(Cl)c1Cl. The molecule has 2 aromatic rings. The molecule has 5 N–H and O–H groups in total. The molecule has 8 nitrogen and oxygen atoms in total. The lowest BCUT2D eigenvalue weighted by Gasteiger charge is -2.25. The minimum absolute atomic E-state index is 0.00533. The van der Waals surface area contributed by atoms with Gasteiger partial charge in [0.1, 0.15) is 4.90 Å². The monoisotopic (exact) mass is 506 g/mol. The van der Waals surface area contributed by atoms with Crippen molar-refractivity contribution >= 4 is 62.2 Å². The van der Waals surface area contributed by atoms with E-state index in [2.05, 4.69) is 10.0 Å². The minimum atomic E-state index is -4.19. The van der Waals surface area contributed by atoms with Crippen LogP contribution in [0.15, 0.2) is 35.2 Å². The summed E-state index contributed by atoms with van der Waals surface area (Å²) in [5, 5.41) is 14.0. The maximum atomic E-state index is 13.0. The number of phenolic OH excluding ortho intramolecular Hbond substituents is 1. The standard InChI is InChI=1S/C19H21Cl3N4O4S/c20-12-2-1-3-14(16(12)22)26(19(23)28)15-5-4-13(21)18(17(15)27)31(29,30)25-10-11-6-8-24-9-7-11/h1-5,11,24-25,27H,6-10H2,(H2,23,28). The number of nitrogens with one attached hydrogen (secondary N) is 2. The molecule has 2 aromatic carbocycles. The predicted molar refractivity (Wildman–Crippen MR) is 122 cm³/mol. The Balaban J connectivity index is 2.02. The number of halogens is 3. The fourth-order valence-corrected chi connectivity index (χ4v) is 5.51. The van der Waals surface area contributed by atoms with Crippen molar-refractivity contribution in [2.75, 3.05) is 24.5 Å². The van der Waals surface area contributed by atoms with E-state index in [0.717, 1.165) is 30.8 Å².